The maximum Gasteiger partial charge on any atom is 0.321 e. The van der Waals surface area contributed by atoms with Crippen molar-refractivity contribution in [3.63, 3.8) is 0 Å². The van der Waals surface area contributed by atoms with Crippen LogP contribution in [-0.4, -0.2) is 71.7 Å². The first-order chi connectivity index (χ1) is 18.4. The molecule has 0 spiro atoms. The van der Waals surface area contributed by atoms with E-state index in [1.54, 1.807) is 6.33 Å². The number of hydrogen-bond acceptors (Lipinski definition) is 6. The van der Waals surface area contributed by atoms with E-state index in [4.69, 9.17) is 9.47 Å². The van der Waals surface area contributed by atoms with Crippen LogP contribution >= 0.6 is 0 Å². The van der Waals surface area contributed by atoms with E-state index in [9.17, 15) is 4.79 Å². The van der Waals surface area contributed by atoms with Crippen molar-refractivity contribution in [2.75, 3.05) is 45.2 Å². The number of ether oxygens (including phenoxy) is 2. The lowest BCUT2D eigenvalue weighted by molar-refractivity contribution is 0.160. The molecule has 1 N–H and O–H groups in total. The van der Waals surface area contributed by atoms with Crippen molar-refractivity contribution in [1.29, 1.82) is 0 Å². The molecular weight excluding hydrogens is 478 g/mol. The van der Waals surface area contributed by atoms with E-state index in [0.29, 0.717) is 24.9 Å². The van der Waals surface area contributed by atoms with Gasteiger partial charge in [0.25, 0.3) is 0 Å². The van der Waals surface area contributed by atoms with Crippen molar-refractivity contribution < 1.29 is 14.3 Å². The van der Waals surface area contributed by atoms with E-state index in [1.165, 1.54) is 12.8 Å². The first kappa shape index (κ1) is 26.2. The highest BCUT2D eigenvalue weighted by Gasteiger charge is 2.26. The summed E-state index contributed by atoms with van der Waals surface area (Å²) in [7, 11) is 2.18. The molecule has 2 saturated heterocycles. The number of urea groups is 1. The molecule has 0 saturated carbocycles. The van der Waals surface area contributed by atoms with Gasteiger partial charge < -0.3 is 24.6 Å². The van der Waals surface area contributed by atoms with Crippen LogP contribution in [0.1, 0.15) is 51.1 Å². The van der Waals surface area contributed by atoms with Gasteiger partial charge in [-0.2, -0.15) is 0 Å². The summed E-state index contributed by atoms with van der Waals surface area (Å²) >= 11 is 0. The summed E-state index contributed by atoms with van der Waals surface area (Å²) in [5.41, 5.74) is 2.75. The van der Waals surface area contributed by atoms with Crippen LogP contribution in [0.4, 0.5) is 10.5 Å². The highest BCUT2D eigenvalue weighted by Crippen LogP contribution is 2.32. The number of aromatic nitrogens is 2. The van der Waals surface area contributed by atoms with Crippen molar-refractivity contribution in [1.82, 2.24) is 19.8 Å². The molecule has 3 aromatic rings. The zero-order valence-electron chi connectivity index (χ0n) is 22.7. The molecule has 1 aromatic heterocycles. The number of carbonyl (C=O) groups excluding carboxylic acids is 1. The van der Waals surface area contributed by atoms with E-state index in [0.717, 1.165) is 66.3 Å². The molecule has 2 aliphatic heterocycles. The van der Waals surface area contributed by atoms with E-state index in [1.807, 2.05) is 55.1 Å². The number of carbonyl (C=O) groups is 1. The molecule has 0 bridgehead atoms. The maximum atomic E-state index is 12.9. The SMILES string of the molecule is CC(C)Oc1ccc(NC(=O)N2CCC(c3ncnc4cc(OCC5CCN(C)CC5)ccc34)CC2)cc1. The Morgan fingerprint density at radius 2 is 1.68 bits per heavy atom. The summed E-state index contributed by atoms with van der Waals surface area (Å²) in [6, 6.07) is 13.6. The van der Waals surface area contributed by atoms with Gasteiger partial charge in [-0.25, -0.2) is 14.8 Å². The van der Waals surface area contributed by atoms with Gasteiger partial charge in [-0.3, -0.25) is 0 Å². The minimum atomic E-state index is -0.0695. The van der Waals surface area contributed by atoms with Gasteiger partial charge in [0, 0.05) is 36.1 Å². The molecule has 2 aliphatic rings. The first-order valence-corrected chi connectivity index (χ1v) is 13.8. The predicted molar refractivity (Wildman–Crippen MR) is 150 cm³/mol. The summed E-state index contributed by atoms with van der Waals surface area (Å²) in [4.78, 5) is 26.3. The molecule has 0 atom stereocenters. The fourth-order valence-corrected chi connectivity index (χ4v) is 5.36. The number of amides is 2. The summed E-state index contributed by atoms with van der Waals surface area (Å²) in [5, 5.41) is 4.08. The fraction of sp³-hybridized carbons (Fsp3) is 0.500. The Bertz CT molecular complexity index is 1220. The molecular formula is C30H39N5O3. The number of likely N-dealkylation sites (tertiary alicyclic amines) is 2. The van der Waals surface area contributed by atoms with Crippen molar-refractivity contribution in [3.05, 3.63) is 54.5 Å². The van der Waals surface area contributed by atoms with Crippen LogP contribution in [0, 0.1) is 5.92 Å². The number of piperidine rings is 2. The normalized spacial score (nSPS) is 17.6. The molecule has 8 heteroatoms. The molecule has 3 heterocycles. The lowest BCUT2D eigenvalue weighted by atomic mass is 9.91. The Balaban J connectivity index is 1.16. The molecule has 38 heavy (non-hydrogen) atoms. The van der Waals surface area contributed by atoms with Crippen molar-refractivity contribution in [3.8, 4) is 11.5 Å². The predicted octanol–water partition coefficient (Wildman–Crippen LogP) is 5.55. The Morgan fingerprint density at radius 3 is 2.39 bits per heavy atom. The average molecular weight is 518 g/mol. The number of nitrogens with zero attached hydrogens (tertiary/aromatic N) is 4. The minimum absolute atomic E-state index is 0.0695. The van der Waals surface area contributed by atoms with Gasteiger partial charge in [-0.05, 0) is 102 Å². The number of hydrogen-bond donors (Lipinski definition) is 1. The quantitative estimate of drug-likeness (QED) is 0.443. The summed E-state index contributed by atoms with van der Waals surface area (Å²) in [5.74, 6) is 2.58. The number of anilines is 1. The van der Waals surface area contributed by atoms with E-state index < -0.39 is 0 Å². The van der Waals surface area contributed by atoms with E-state index in [2.05, 4.69) is 33.3 Å². The van der Waals surface area contributed by atoms with Crippen LogP contribution in [0.2, 0.25) is 0 Å². The first-order valence-electron chi connectivity index (χ1n) is 13.8. The Morgan fingerprint density at radius 1 is 0.974 bits per heavy atom. The third-order valence-corrected chi connectivity index (χ3v) is 7.61. The highest BCUT2D eigenvalue weighted by atomic mass is 16.5. The Kier molecular flexibility index (Phi) is 8.27. The van der Waals surface area contributed by atoms with Gasteiger partial charge in [0.05, 0.1) is 23.9 Å². The molecule has 0 unspecified atom stereocenters. The number of nitrogens with one attached hydrogen (secondary N) is 1. The maximum absolute atomic E-state index is 12.9. The topological polar surface area (TPSA) is 79.8 Å². The fourth-order valence-electron chi connectivity index (χ4n) is 5.36. The van der Waals surface area contributed by atoms with Gasteiger partial charge in [0.15, 0.2) is 0 Å². The van der Waals surface area contributed by atoms with Crippen LogP contribution in [0.25, 0.3) is 10.9 Å². The zero-order chi connectivity index (χ0) is 26.5. The molecule has 8 nitrogen and oxygen atoms in total. The van der Waals surface area contributed by atoms with Gasteiger partial charge >= 0.3 is 6.03 Å². The summed E-state index contributed by atoms with van der Waals surface area (Å²) < 4.78 is 11.8. The minimum Gasteiger partial charge on any atom is -0.493 e. The molecule has 2 aromatic carbocycles. The number of rotatable bonds is 7. The van der Waals surface area contributed by atoms with Crippen molar-refractivity contribution in [2.24, 2.45) is 5.92 Å². The number of fused-ring (bicyclic) bond motifs is 1. The lowest BCUT2D eigenvalue weighted by Crippen LogP contribution is -2.40. The van der Waals surface area contributed by atoms with Gasteiger partial charge in [0.1, 0.15) is 17.8 Å². The third-order valence-electron chi connectivity index (χ3n) is 7.61. The van der Waals surface area contributed by atoms with Crippen LogP contribution in [-0.2, 0) is 0 Å². The standard InChI is InChI=1S/C30H39N5O3/c1-21(2)38-25-6-4-24(5-7-25)33-30(36)35-16-12-23(13-17-35)29-27-9-8-26(18-28(27)31-20-32-29)37-19-22-10-14-34(3)15-11-22/h4-9,18,20-23H,10-17,19H2,1-3H3,(H,33,36). The molecule has 0 aliphatic carbocycles. The van der Waals surface area contributed by atoms with Crippen LogP contribution < -0.4 is 14.8 Å². The molecule has 202 valence electrons. The second-order valence-corrected chi connectivity index (χ2v) is 10.9. The van der Waals surface area contributed by atoms with Crippen LogP contribution in [0.15, 0.2) is 48.8 Å². The van der Waals surface area contributed by atoms with Gasteiger partial charge in [0.2, 0.25) is 0 Å². The molecule has 5 rings (SSSR count). The van der Waals surface area contributed by atoms with Gasteiger partial charge in [-0.15, -0.1) is 0 Å². The van der Waals surface area contributed by atoms with E-state index in [-0.39, 0.29) is 12.1 Å². The Labute approximate surface area is 225 Å². The number of benzene rings is 2. The monoisotopic (exact) mass is 517 g/mol. The zero-order valence-corrected chi connectivity index (χ0v) is 22.7. The van der Waals surface area contributed by atoms with E-state index >= 15 is 0 Å². The molecule has 0 radical (unpaired) electrons. The summed E-state index contributed by atoms with van der Waals surface area (Å²) in [6.45, 7) is 8.41. The lowest BCUT2D eigenvalue weighted by Gasteiger charge is -2.32. The van der Waals surface area contributed by atoms with Crippen LogP contribution in [0.5, 0.6) is 11.5 Å². The third kappa shape index (κ3) is 6.54. The van der Waals surface area contributed by atoms with Crippen molar-refractivity contribution in [2.45, 2.75) is 51.6 Å². The largest absolute Gasteiger partial charge is 0.493 e. The van der Waals surface area contributed by atoms with Gasteiger partial charge in [-0.1, -0.05) is 0 Å². The second-order valence-electron chi connectivity index (χ2n) is 10.9. The average Bonchev–Trinajstić information content (AvgIpc) is 2.93. The Hall–Kier alpha value is -3.39. The molecule has 2 fully saturated rings. The summed E-state index contributed by atoms with van der Waals surface area (Å²) in [6.07, 6.45) is 5.89. The van der Waals surface area contributed by atoms with Crippen molar-refractivity contribution >= 4 is 22.6 Å². The smallest absolute Gasteiger partial charge is 0.321 e. The second kappa shape index (κ2) is 12.0. The van der Waals surface area contributed by atoms with Crippen LogP contribution in [0.3, 0.4) is 0 Å². The highest BCUT2D eigenvalue weighted by molar-refractivity contribution is 5.89. The molecule has 2 amide bonds.